The Morgan fingerprint density at radius 1 is 1.35 bits per heavy atom. The summed E-state index contributed by atoms with van der Waals surface area (Å²) >= 11 is 0. The number of anilines is 1. The molecule has 2 N–H and O–H groups in total. The van der Waals surface area contributed by atoms with Crippen molar-refractivity contribution in [2.45, 2.75) is 6.92 Å². The fraction of sp³-hybridized carbons (Fsp3) is 0.182. The first-order valence-corrected chi connectivity index (χ1v) is 7.14. The van der Waals surface area contributed by atoms with Crippen LogP contribution in [0.15, 0.2) is 28.7 Å². The van der Waals surface area contributed by atoms with E-state index in [0.717, 1.165) is 0 Å². The van der Waals surface area contributed by atoms with Gasteiger partial charge in [-0.15, -0.1) is 10.2 Å². The van der Waals surface area contributed by atoms with E-state index in [9.17, 15) is 13.2 Å². The third-order valence-corrected chi connectivity index (χ3v) is 3.42. The van der Waals surface area contributed by atoms with Crippen molar-refractivity contribution in [1.82, 2.24) is 10.2 Å². The molecule has 2 aromatic rings. The molecule has 0 aliphatic heterocycles. The number of carboxylic acid groups (broad SMARTS) is 1. The van der Waals surface area contributed by atoms with Gasteiger partial charge in [0.15, 0.2) is 5.75 Å². The van der Waals surface area contributed by atoms with Crippen LogP contribution in [0.2, 0.25) is 0 Å². The zero-order valence-corrected chi connectivity index (χ0v) is 11.2. The van der Waals surface area contributed by atoms with Gasteiger partial charge < -0.3 is 9.52 Å². The molecule has 1 heterocycles. The van der Waals surface area contributed by atoms with Crippen molar-refractivity contribution in [1.29, 1.82) is 0 Å². The van der Waals surface area contributed by atoms with Gasteiger partial charge in [0.25, 0.3) is 0 Å². The molecule has 0 saturated carbocycles. The predicted octanol–water partition coefficient (Wildman–Crippen LogP) is 0.871. The predicted molar refractivity (Wildman–Crippen MR) is 69.5 cm³/mol. The van der Waals surface area contributed by atoms with E-state index >= 15 is 0 Å². The Labute approximate surface area is 114 Å². The molecule has 0 radical (unpaired) electrons. The smallest absolute Gasteiger partial charge is 0.320 e. The van der Waals surface area contributed by atoms with Crippen molar-refractivity contribution < 1.29 is 22.7 Å². The summed E-state index contributed by atoms with van der Waals surface area (Å²) in [6.45, 7) is 1.60. The van der Waals surface area contributed by atoms with Gasteiger partial charge in [-0.05, 0) is 12.1 Å². The van der Waals surface area contributed by atoms with Crippen LogP contribution in [0.25, 0.3) is 11.5 Å². The van der Waals surface area contributed by atoms with Crippen LogP contribution in [-0.2, 0) is 14.8 Å². The highest BCUT2D eigenvalue weighted by atomic mass is 32.2. The highest BCUT2D eigenvalue weighted by molar-refractivity contribution is 7.93. The van der Waals surface area contributed by atoms with Gasteiger partial charge in [0.2, 0.25) is 21.8 Å². The van der Waals surface area contributed by atoms with Crippen LogP contribution in [0.3, 0.4) is 0 Å². The number of aliphatic carboxylic acids is 1. The maximum Gasteiger partial charge on any atom is 0.320 e. The molecule has 0 unspecified atom stereocenters. The number of carboxylic acids is 1. The van der Waals surface area contributed by atoms with E-state index in [1.807, 2.05) is 0 Å². The van der Waals surface area contributed by atoms with Crippen LogP contribution < -0.4 is 4.72 Å². The van der Waals surface area contributed by atoms with E-state index in [-0.39, 0.29) is 11.6 Å². The Balaban J connectivity index is 2.36. The number of aryl methyl sites for hydroxylation is 1. The van der Waals surface area contributed by atoms with E-state index in [1.54, 1.807) is 25.1 Å². The fourth-order valence-corrected chi connectivity index (χ4v) is 2.44. The minimum absolute atomic E-state index is 0.149. The van der Waals surface area contributed by atoms with Crippen LogP contribution in [0.4, 0.5) is 5.69 Å². The van der Waals surface area contributed by atoms with Crippen molar-refractivity contribution in [2.24, 2.45) is 0 Å². The SMILES string of the molecule is Cc1nnc(-c2ccccc2NS(=O)(=O)CC(=O)O)o1. The lowest BCUT2D eigenvalue weighted by atomic mass is 10.2. The molecule has 0 fully saturated rings. The molecule has 1 aromatic heterocycles. The topological polar surface area (TPSA) is 122 Å². The molecule has 2 rings (SSSR count). The van der Waals surface area contributed by atoms with Gasteiger partial charge >= 0.3 is 5.97 Å². The normalized spacial score (nSPS) is 11.2. The largest absolute Gasteiger partial charge is 0.480 e. The van der Waals surface area contributed by atoms with Crippen molar-refractivity contribution in [3.05, 3.63) is 30.2 Å². The Morgan fingerprint density at radius 3 is 2.65 bits per heavy atom. The van der Waals surface area contributed by atoms with Crippen LogP contribution in [0, 0.1) is 6.92 Å². The van der Waals surface area contributed by atoms with Crippen molar-refractivity contribution >= 4 is 21.7 Å². The van der Waals surface area contributed by atoms with Crippen molar-refractivity contribution in [2.75, 3.05) is 10.5 Å². The summed E-state index contributed by atoms with van der Waals surface area (Å²) in [5.41, 5.74) is 0.555. The summed E-state index contributed by atoms with van der Waals surface area (Å²) in [5, 5.41) is 16.0. The minimum Gasteiger partial charge on any atom is -0.480 e. The van der Waals surface area contributed by atoms with Gasteiger partial charge in [0.05, 0.1) is 11.3 Å². The number of aromatic nitrogens is 2. The summed E-state index contributed by atoms with van der Waals surface area (Å²) in [6.07, 6.45) is 0. The quantitative estimate of drug-likeness (QED) is 0.839. The van der Waals surface area contributed by atoms with Crippen LogP contribution >= 0.6 is 0 Å². The number of hydrogen-bond donors (Lipinski definition) is 2. The number of carbonyl (C=O) groups is 1. The Hall–Kier alpha value is -2.42. The minimum atomic E-state index is -4.00. The maximum atomic E-state index is 11.6. The highest BCUT2D eigenvalue weighted by Gasteiger charge is 2.19. The molecule has 8 nitrogen and oxygen atoms in total. The van der Waals surface area contributed by atoms with Gasteiger partial charge in [-0.2, -0.15) is 0 Å². The van der Waals surface area contributed by atoms with E-state index < -0.39 is 21.7 Å². The van der Waals surface area contributed by atoms with Crippen molar-refractivity contribution in [3.63, 3.8) is 0 Å². The zero-order valence-electron chi connectivity index (χ0n) is 10.4. The Morgan fingerprint density at radius 2 is 2.05 bits per heavy atom. The van der Waals surface area contributed by atoms with E-state index in [2.05, 4.69) is 14.9 Å². The molecular weight excluding hydrogens is 286 g/mol. The number of hydrogen-bond acceptors (Lipinski definition) is 6. The average molecular weight is 297 g/mol. The Bertz CT molecular complexity index is 738. The second-order valence-electron chi connectivity index (χ2n) is 3.93. The van der Waals surface area contributed by atoms with Crippen LogP contribution in [-0.4, -0.2) is 35.4 Å². The monoisotopic (exact) mass is 297 g/mol. The van der Waals surface area contributed by atoms with E-state index in [4.69, 9.17) is 9.52 Å². The van der Waals surface area contributed by atoms with E-state index in [1.165, 1.54) is 6.07 Å². The summed E-state index contributed by atoms with van der Waals surface area (Å²) in [7, 11) is -4.00. The third-order valence-electron chi connectivity index (χ3n) is 2.26. The number of para-hydroxylation sites is 1. The fourth-order valence-electron chi connectivity index (χ4n) is 1.53. The molecule has 0 saturated heterocycles. The summed E-state index contributed by atoms with van der Waals surface area (Å²) in [6, 6.07) is 6.34. The van der Waals surface area contributed by atoms with E-state index in [0.29, 0.717) is 11.5 Å². The summed E-state index contributed by atoms with van der Waals surface area (Å²) in [4.78, 5) is 10.5. The first-order valence-electron chi connectivity index (χ1n) is 5.49. The van der Waals surface area contributed by atoms with Gasteiger partial charge in [0.1, 0.15) is 0 Å². The number of nitrogens with one attached hydrogen (secondary N) is 1. The molecule has 106 valence electrons. The second-order valence-corrected chi connectivity index (χ2v) is 5.65. The second kappa shape index (κ2) is 5.29. The van der Waals surface area contributed by atoms with Crippen LogP contribution in [0.5, 0.6) is 0 Å². The van der Waals surface area contributed by atoms with Gasteiger partial charge in [-0.25, -0.2) is 8.42 Å². The molecule has 0 atom stereocenters. The number of benzene rings is 1. The lowest BCUT2D eigenvalue weighted by Gasteiger charge is -2.09. The molecular formula is C11H11N3O5S. The first kappa shape index (κ1) is 14.0. The lowest BCUT2D eigenvalue weighted by Crippen LogP contribution is -2.22. The summed E-state index contributed by atoms with van der Waals surface area (Å²) < 4.78 is 30.7. The number of nitrogens with zero attached hydrogens (tertiary/aromatic N) is 2. The van der Waals surface area contributed by atoms with Crippen LogP contribution in [0.1, 0.15) is 5.89 Å². The molecule has 0 aliphatic rings. The Kier molecular flexibility index (Phi) is 3.70. The molecule has 0 bridgehead atoms. The number of sulfonamides is 1. The highest BCUT2D eigenvalue weighted by Crippen LogP contribution is 2.27. The standard InChI is InChI=1S/C11H11N3O5S/c1-7-12-13-11(19-7)8-4-2-3-5-9(8)14-20(17,18)6-10(15)16/h2-5,14H,6H2,1H3,(H,15,16). The van der Waals surface area contributed by atoms with Crippen molar-refractivity contribution in [3.8, 4) is 11.5 Å². The molecule has 0 spiro atoms. The number of rotatable bonds is 5. The molecule has 9 heteroatoms. The average Bonchev–Trinajstić information content (AvgIpc) is 2.74. The molecule has 20 heavy (non-hydrogen) atoms. The van der Waals surface area contributed by atoms with Gasteiger partial charge in [-0.1, -0.05) is 12.1 Å². The zero-order chi connectivity index (χ0) is 14.8. The molecule has 0 amide bonds. The summed E-state index contributed by atoms with van der Waals surface area (Å²) in [5.74, 6) is -1.98. The maximum absolute atomic E-state index is 11.6. The van der Waals surface area contributed by atoms with Gasteiger partial charge in [-0.3, -0.25) is 9.52 Å². The van der Waals surface area contributed by atoms with Gasteiger partial charge in [0, 0.05) is 6.92 Å². The third kappa shape index (κ3) is 3.32. The first-order chi connectivity index (χ1) is 9.37. The molecule has 1 aromatic carbocycles. The lowest BCUT2D eigenvalue weighted by molar-refractivity contribution is -0.134. The molecule has 0 aliphatic carbocycles.